The Morgan fingerprint density at radius 2 is 0.757 bits per heavy atom. The molecule has 1 aromatic heterocycles. The quantitative estimate of drug-likeness (QED) is 0.0340. The number of carbonyl (C=O) groups excluding carboxylic acids is 15. The lowest BCUT2D eigenvalue weighted by Gasteiger charge is -2.29. The monoisotopic (exact) mass is 1570 g/mol. The smallest absolute Gasteiger partial charge is 0.243 e. The lowest BCUT2D eigenvalue weighted by molar-refractivity contribution is -0.136. The third kappa shape index (κ3) is 35.7. The topological polar surface area (TPSA) is 584 Å². The van der Waals surface area contributed by atoms with Gasteiger partial charge in [-0.1, -0.05) is 121 Å². The molecule has 1 aromatic carbocycles. The highest BCUT2D eigenvalue weighted by Gasteiger charge is 2.38. The zero-order valence-electron chi connectivity index (χ0n) is 67.4. The van der Waals surface area contributed by atoms with Gasteiger partial charge in [-0.3, -0.25) is 71.9 Å². The van der Waals surface area contributed by atoms with E-state index in [1.165, 1.54) is 6.92 Å². The first-order valence-electron chi connectivity index (χ1n) is 39.2. The predicted octanol–water partition coefficient (Wildman–Crippen LogP) is -1.35. The minimum Gasteiger partial charge on any atom is -0.370 e. The van der Waals surface area contributed by atoms with Crippen molar-refractivity contribution < 1.29 is 71.9 Å². The average molecular weight is 1570 g/mol. The second-order valence-electron chi connectivity index (χ2n) is 30.3. The van der Waals surface area contributed by atoms with E-state index in [0.29, 0.717) is 63.4 Å². The zero-order chi connectivity index (χ0) is 83.8. The van der Waals surface area contributed by atoms with Crippen LogP contribution >= 0.6 is 0 Å². The Kier molecular flexibility index (Phi) is 45.1. The van der Waals surface area contributed by atoms with Gasteiger partial charge >= 0.3 is 0 Å². The molecule has 0 aliphatic carbocycles. The molecule has 35 nitrogen and oxygen atoms in total. The van der Waals surface area contributed by atoms with Gasteiger partial charge in [0.05, 0.1) is 25.6 Å². The summed E-state index contributed by atoms with van der Waals surface area (Å²) < 4.78 is 0. The Balaban J connectivity index is 2.42. The summed E-state index contributed by atoms with van der Waals surface area (Å²) in [6, 6.07) is -7.90. The van der Waals surface area contributed by atoms with Crippen LogP contribution < -0.4 is 104 Å². The normalized spacial score (nSPS) is 15.5. The Hall–Kier alpha value is -9.35. The van der Waals surface area contributed by atoms with E-state index in [9.17, 15) is 71.9 Å². The minimum absolute atomic E-state index is 0.0251. The number of aromatic amines is 1. The fourth-order valence-corrected chi connectivity index (χ4v) is 12.1. The number of H-pyrrole nitrogens is 1. The first-order chi connectivity index (χ1) is 52.4. The van der Waals surface area contributed by atoms with Crippen LogP contribution in [0.1, 0.15) is 198 Å². The number of carbonyl (C=O) groups is 15. The molecule has 0 aliphatic heterocycles. The molecule has 15 amide bonds. The first kappa shape index (κ1) is 97.7. The fraction of sp³-hybridized carbons (Fsp3) is 0.697. The number of nitrogens with one attached hydrogen (secondary N) is 14. The lowest BCUT2D eigenvalue weighted by Crippen LogP contribution is -2.60. The van der Waals surface area contributed by atoms with Gasteiger partial charge in [0.1, 0.15) is 66.5 Å². The van der Waals surface area contributed by atoms with E-state index in [0.717, 1.165) is 10.9 Å². The van der Waals surface area contributed by atoms with Gasteiger partial charge in [-0.05, 0) is 151 Å². The van der Waals surface area contributed by atoms with Gasteiger partial charge in [-0.2, -0.15) is 0 Å². The Morgan fingerprint density at radius 1 is 0.387 bits per heavy atom. The first-order valence-corrected chi connectivity index (χ1v) is 39.2. The van der Waals surface area contributed by atoms with Crippen LogP contribution in [-0.2, 0) is 78.3 Å². The number of unbranched alkanes of at least 4 members (excludes halogenated alkanes) is 3. The molecule has 0 aliphatic rings. The summed E-state index contributed by atoms with van der Waals surface area (Å²) in [5.74, 6) is -13.6. The summed E-state index contributed by atoms with van der Waals surface area (Å²) >= 11 is 0. The van der Waals surface area contributed by atoms with Crippen molar-refractivity contribution in [1.82, 2.24) is 74.1 Å². The van der Waals surface area contributed by atoms with Crippen molar-refractivity contribution in [2.24, 2.45) is 69.9 Å². The van der Waals surface area contributed by atoms with Crippen LogP contribution in [0.5, 0.6) is 0 Å². The molecule has 35 heteroatoms. The number of rotatable bonds is 55. The van der Waals surface area contributed by atoms with Crippen molar-refractivity contribution in [3.05, 3.63) is 36.0 Å². The molecule has 0 fully saturated rings. The van der Waals surface area contributed by atoms with Crippen LogP contribution in [0.3, 0.4) is 0 Å². The molecule has 111 heavy (non-hydrogen) atoms. The number of fused-ring (bicyclic) bond motifs is 1. The predicted molar refractivity (Wildman–Crippen MR) is 421 cm³/mol. The van der Waals surface area contributed by atoms with Gasteiger partial charge in [0, 0.05) is 23.5 Å². The highest BCUT2D eigenvalue weighted by atomic mass is 16.2. The number of para-hydroxylation sites is 1. The Labute approximate surface area is 653 Å². The number of amides is 15. The number of benzene rings is 1. The molecule has 0 unspecified atom stereocenters. The second-order valence-corrected chi connectivity index (χ2v) is 30.3. The third-order valence-corrected chi connectivity index (χ3v) is 19.3. The molecule has 0 saturated carbocycles. The summed E-state index contributed by atoms with van der Waals surface area (Å²) in [7, 11) is 0. The van der Waals surface area contributed by atoms with Crippen LogP contribution in [0.4, 0.5) is 0 Å². The molecule has 0 radical (unpaired) electrons. The van der Waals surface area contributed by atoms with Gasteiger partial charge < -0.3 is 109 Å². The van der Waals surface area contributed by atoms with Crippen molar-refractivity contribution >= 4 is 99.5 Å². The molecule has 2 rings (SSSR count). The minimum atomic E-state index is -1.55. The maximum atomic E-state index is 14.7. The van der Waals surface area contributed by atoms with E-state index in [4.69, 9.17) is 34.4 Å². The standard InChI is InChI=1S/C76H132N20O15/c1-14-44(10)62(81)75(110)93-58(37-59(80)97)74(109)92-57(36-48-38-83-50-26-18-17-25-49(48)50)73(108)91-56(35-43(8)9)72(107)89-52(28-20-23-31-78)70(105)90-54(33-41(4)5)67(102)85-40-61(99)87-51(27-19-22-30-77)69(104)88-53(29-21-24-32-79)71(106)96-64(46(12)16-3)76(111)94-55(34-42(6)7)68(103)84-39-60(98)86-47(13)66(101)95-63(65(82)100)45(11)15-2/h17-18,25-26,38,41-47,51-58,62-64,83H,14-16,19-24,27-37,39-40,77-79,81H2,1-13H3,(H2,80,97)(H2,82,100)(H,84,103)(H,85,102)(H,86,98)(H,87,99)(H,88,104)(H,89,107)(H,90,105)(H,91,108)(H,92,109)(H,93,110)(H,94,111)(H,95,101)(H,96,106)/t44-,45-,46-,47-,51-,52-,53-,54-,55-,56-,57-,58-,62-,63-,64-/m0/s1. The van der Waals surface area contributed by atoms with E-state index < -0.39 is 187 Å². The molecule has 26 N–H and O–H groups in total. The summed E-state index contributed by atoms with van der Waals surface area (Å²) in [6.45, 7) is 22.3. The fourth-order valence-electron chi connectivity index (χ4n) is 12.1. The Bertz CT molecular complexity index is 3370. The Morgan fingerprint density at radius 3 is 1.21 bits per heavy atom. The molecule has 0 spiro atoms. The van der Waals surface area contributed by atoms with Crippen molar-refractivity contribution in [1.29, 1.82) is 0 Å². The SMILES string of the molecule is CC[C@H](C)[C@H](N)C(=O)N[C@@H](CC(N)=O)C(=O)N[C@@H](Cc1c[nH]c2ccccc12)C(=O)N[C@@H](CC(C)C)C(=O)N[C@@H](CCCCN)C(=O)N[C@@H](CC(C)C)C(=O)NCC(=O)N[C@@H](CCCCN)C(=O)N[C@@H](CCCCN)C(=O)N[C@H](C(=O)N[C@@H](CC(C)C)C(=O)NCC(=O)N[C@@H](C)C(=O)N[C@H](C(N)=O)[C@@H](C)CC)[C@@H](C)CC. The number of aromatic nitrogens is 1. The summed E-state index contributed by atoms with van der Waals surface area (Å²) in [5.41, 5.74) is 36.1. The van der Waals surface area contributed by atoms with E-state index in [2.05, 4.69) is 74.1 Å². The van der Waals surface area contributed by atoms with E-state index in [-0.39, 0.29) is 94.2 Å². The van der Waals surface area contributed by atoms with E-state index in [1.54, 1.807) is 73.7 Å². The van der Waals surface area contributed by atoms with Crippen molar-refractivity contribution in [3.8, 4) is 0 Å². The zero-order valence-corrected chi connectivity index (χ0v) is 67.4. The molecular formula is C76H132N20O15. The number of hydrogen-bond acceptors (Lipinski definition) is 19. The van der Waals surface area contributed by atoms with Gasteiger partial charge in [0.2, 0.25) is 88.6 Å². The van der Waals surface area contributed by atoms with Crippen LogP contribution in [0.2, 0.25) is 0 Å². The second kappa shape index (κ2) is 51.2. The molecule has 626 valence electrons. The van der Waals surface area contributed by atoms with Gasteiger partial charge in [-0.15, -0.1) is 0 Å². The van der Waals surface area contributed by atoms with Crippen molar-refractivity contribution in [3.63, 3.8) is 0 Å². The molecule has 15 atom stereocenters. The number of nitrogens with two attached hydrogens (primary N) is 6. The summed E-state index contributed by atoms with van der Waals surface area (Å²) in [4.78, 5) is 210. The highest BCUT2D eigenvalue weighted by Crippen LogP contribution is 2.21. The van der Waals surface area contributed by atoms with Gasteiger partial charge in [-0.25, -0.2) is 0 Å². The number of hydrogen-bond donors (Lipinski definition) is 20. The summed E-state index contributed by atoms with van der Waals surface area (Å²) in [5, 5.41) is 35.2. The third-order valence-electron chi connectivity index (χ3n) is 19.3. The lowest BCUT2D eigenvalue weighted by atomic mass is 9.96. The van der Waals surface area contributed by atoms with Crippen molar-refractivity contribution in [2.75, 3.05) is 32.7 Å². The van der Waals surface area contributed by atoms with E-state index in [1.807, 2.05) is 39.8 Å². The highest BCUT2D eigenvalue weighted by molar-refractivity contribution is 6.00. The molecular weight excluding hydrogens is 1430 g/mol. The van der Waals surface area contributed by atoms with Gasteiger partial charge in [0.25, 0.3) is 0 Å². The average Bonchev–Trinajstić information content (AvgIpc) is 1.73. The van der Waals surface area contributed by atoms with Crippen LogP contribution in [-0.4, -0.2) is 199 Å². The van der Waals surface area contributed by atoms with Gasteiger partial charge in [0.15, 0.2) is 0 Å². The molecule has 0 bridgehead atoms. The maximum Gasteiger partial charge on any atom is 0.243 e. The largest absolute Gasteiger partial charge is 0.370 e. The number of primary amides is 2. The van der Waals surface area contributed by atoms with Crippen LogP contribution in [0.15, 0.2) is 30.5 Å². The molecule has 0 saturated heterocycles. The van der Waals surface area contributed by atoms with E-state index >= 15 is 0 Å². The summed E-state index contributed by atoms with van der Waals surface area (Å²) in [6.07, 6.45) is 4.91. The molecule has 1 heterocycles. The van der Waals surface area contributed by atoms with Crippen molar-refractivity contribution in [2.45, 2.75) is 272 Å². The molecule has 2 aromatic rings. The van der Waals surface area contributed by atoms with Crippen LogP contribution in [0, 0.1) is 35.5 Å². The van der Waals surface area contributed by atoms with Crippen LogP contribution in [0.25, 0.3) is 10.9 Å². The maximum absolute atomic E-state index is 14.7.